The molecule has 3 rings (SSSR count). The number of aryl methyl sites for hydroxylation is 1. The molecule has 132 valence electrons. The molecule has 0 fully saturated rings. The number of nitrogens with one attached hydrogen (secondary N) is 1. The smallest absolute Gasteiger partial charge is 0.290 e. The summed E-state index contributed by atoms with van der Waals surface area (Å²) in [7, 11) is 0. The molecule has 2 heterocycles. The number of benzene rings is 1. The molecule has 0 saturated heterocycles. The van der Waals surface area contributed by atoms with Crippen LogP contribution < -0.4 is 5.56 Å². The van der Waals surface area contributed by atoms with Crippen molar-refractivity contribution in [2.75, 3.05) is 0 Å². The number of aromatic nitrogens is 4. The zero-order valence-corrected chi connectivity index (χ0v) is 15.9. The Hall–Kier alpha value is -1.85. The lowest BCUT2D eigenvalue weighted by Crippen LogP contribution is -2.18. The maximum absolute atomic E-state index is 12.6. The topological polar surface area (TPSA) is 63.6 Å². The predicted molar refractivity (Wildman–Crippen MR) is 103 cm³/mol. The Bertz CT molecular complexity index is 973. The molecule has 0 radical (unpaired) electrons. The van der Waals surface area contributed by atoms with Crippen LogP contribution in [-0.2, 0) is 6.42 Å². The summed E-state index contributed by atoms with van der Waals surface area (Å²) in [5.74, 6) is 0.883. The van der Waals surface area contributed by atoms with E-state index in [9.17, 15) is 4.79 Å². The summed E-state index contributed by atoms with van der Waals surface area (Å²) >= 11 is 12.3. The molecule has 2 aromatic heterocycles. The van der Waals surface area contributed by atoms with Crippen LogP contribution >= 0.6 is 23.2 Å². The van der Waals surface area contributed by atoms with Crippen LogP contribution in [0.3, 0.4) is 0 Å². The Kier molecular flexibility index (Phi) is 5.16. The first-order valence-electron chi connectivity index (χ1n) is 8.46. The van der Waals surface area contributed by atoms with Crippen LogP contribution in [0.2, 0.25) is 10.0 Å². The van der Waals surface area contributed by atoms with Crippen LogP contribution in [0.15, 0.2) is 23.0 Å². The highest BCUT2D eigenvalue weighted by Crippen LogP contribution is 2.33. The molecule has 0 aliphatic rings. The highest BCUT2D eigenvalue weighted by molar-refractivity contribution is 6.36. The van der Waals surface area contributed by atoms with Crippen LogP contribution in [0.5, 0.6) is 0 Å². The first kappa shape index (κ1) is 18.0. The van der Waals surface area contributed by atoms with Crippen LogP contribution in [0, 0.1) is 0 Å². The number of fused-ring (bicyclic) bond motifs is 1. The summed E-state index contributed by atoms with van der Waals surface area (Å²) in [4.78, 5) is 17.3. The minimum Gasteiger partial charge on any atom is -0.320 e. The van der Waals surface area contributed by atoms with Crippen molar-refractivity contribution < 1.29 is 0 Å². The molecule has 0 aliphatic heterocycles. The van der Waals surface area contributed by atoms with Gasteiger partial charge in [0, 0.05) is 23.0 Å². The average molecular weight is 379 g/mol. The summed E-state index contributed by atoms with van der Waals surface area (Å²) in [5.41, 5.74) is 2.17. The first-order chi connectivity index (χ1) is 12.0. The van der Waals surface area contributed by atoms with E-state index in [-0.39, 0.29) is 11.6 Å². The third-order valence-corrected chi connectivity index (χ3v) is 5.05. The maximum atomic E-state index is 12.6. The molecule has 0 saturated carbocycles. The molecule has 7 heteroatoms. The zero-order chi connectivity index (χ0) is 18.1. The minimum atomic E-state index is -0.233. The van der Waals surface area contributed by atoms with Crippen LogP contribution in [0.4, 0.5) is 0 Å². The molecule has 0 atom stereocenters. The fraction of sp³-hybridized carbons (Fsp3) is 0.389. The normalized spacial score (nSPS) is 11.6. The van der Waals surface area contributed by atoms with Gasteiger partial charge in [0.05, 0.1) is 5.02 Å². The third kappa shape index (κ3) is 3.07. The molecule has 0 unspecified atom stereocenters. The summed E-state index contributed by atoms with van der Waals surface area (Å²) in [6, 6.07) is 5.43. The lowest BCUT2D eigenvalue weighted by molar-refractivity contribution is 0.467. The van der Waals surface area contributed by atoms with E-state index < -0.39 is 0 Å². The van der Waals surface area contributed by atoms with E-state index in [0.717, 1.165) is 25.1 Å². The molecule has 1 N–H and O–H groups in total. The summed E-state index contributed by atoms with van der Waals surface area (Å²) < 4.78 is 2.06. The summed E-state index contributed by atoms with van der Waals surface area (Å²) in [5, 5.41) is 7.85. The number of H-pyrrole nitrogens is 1. The number of halogens is 2. The van der Waals surface area contributed by atoms with Gasteiger partial charge in [-0.25, -0.2) is 10.1 Å². The molecule has 0 bridgehead atoms. The molecule has 0 amide bonds. The third-order valence-electron chi connectivity index (χ3n) is 4.50. The lowest BCUT2D eigenvalue weighted by atomic mass is 10.1. The van der Waals surface area contributed by atoms with E-state index in [4.69, 9.17) is 28.2 Å². The highest BCUT2D eigenvalue weighted by atomic mass is 35.5. The average Bonchev–Trinajstić information content (AvgIpc) is 2.98. The second-order valence-corrected chi connectivity index (χ2v) is 6.79. The Morgan fingerprint density at radius 2 is 1.92 bits per heavy atom. The fourth-order valence-electron chi connectivity index (χ4n) is 3.24. The second-order valence-electron chi connectivity index (χ2n) is 5.94. The van der Waals surface area contributed by atoms with Crippen molar-refractivity contribution >= 4 is 34.2 Å². The Morgan fingerprint density at radius 1 is 1.20 bits per heavy atom. The van der Waals surface area contributed by atoms with E-state index in [1.807, 2.05) is 6.92 Å². The van der Waals surface area contributed by atoms with Gasteiger partial charge < -0.3 is 4.57 Å². The largest absolute Gasteiger partial charge is 0.320 e. The molecule has 0 spiro atoms. The molecule has 1 aromatic carbocycles. The zero-order valence-electron chi connectivity index (χ0n) is 14.4. The Balaban J connectivity index is 2.37. The molecule has 0 aliphatic carbocycles. The van der Waals surface area contributed by atoms with Crippen molar-refractivity contribution in [3.63, 3.8) is 0 Å². The van der Waals surface area contributed by atoms with E-state index >= 15 is 0 Å². The Morgan fingerprint density at radius 3 is 2.52 bits per heavy atom. The molecular weight excluding hydrogens is 359 g/mol. The quantitative estimate of drug-likeness (QED) is 0.677. The van der Waals surface area contributed by atoms with Crippen molar-refractivity contribution in [1.82, 2.24) is 19.7 Å². The van der Waals surface area contributed by atoms with Gasteiger partial charge >= 0.3 is 0 Å². The number of imidazole rings is 1. The summed E-state index contributed by atoms with van der Waals surface area (Å²) in [6.45, 7) is 6.27. The maximum Gasteiger partial charge on any atom is 0.290 e. The lowest BCUT2D eigenvalue weighted by Gasteiger charge is -2.17. The van der Waals surface area contributed by atoms with Gasteiger partial charge in [0.25, 0.3) is 5.56 Å². The van der Waals surface area contributed by atoms with Crippen molar-refractivity contribution in [3.8, 4) is 11.3 Å². The van der Waals surface area contributed by atoms with Gasteiger partial charge in [0.15, 0.2) is 0 Å². The number of hydrogen-bond donors (Lipinski definition) is 1. The standard InChI is InChI=1S/C18H20Cl2N4O/c1-4-11(5-2)24-14(6-3)21-16-15(22-23-18(25)17(16)24)12-8-7-10(19)9-13(12)20/h7-9,11H,4-6H2,1-3H3,(H,23,25). The molecule has 5 nitrogen and oxygen atoms in total. The van der Waals surface area contributed by atoms with E-state index in [1.54, 1.807) is 18.2 Å². The molecule has 25 heavy (non-hydrogen) atoms. The van der Waals surface area contributed by atoms with E-state index in [0.29, 0.717) is 32.3 Å². The number of rotatable bonds is 5. The van der Waals surface area contributed by atoms with Gasteiger partial charge in [0.2, 0.25) is 0 Å². The van der Waals surface area contributed by atoms with E-state index in [2.05, 4.69) is 28.6 Å². The van der Waals surface area contributed by atoms with Crippen molar-refractivity contribution in [3.05, 3.63) is 44.4 Å². The molecule has 3 aromatic rings. The van der Waals surface area contributed by atoms with Crippen molar-refractivity contribution in [2.45, 2.75) is 46.1 Å². The van der Waals surface area contributed by atoms with Gasteiger partial charge in [0.1, 0.15) is 22.6 Å². The first-order valence-corrected chi connectivity index (χ1v) is 9.22. The van der Waals surface area contributed by atoms with Gasteiger partial charge in [-0.1, -0.05) is 44.0 Å². The van der Waals surface area contributed by atoms with Crippen LogP contribution in [0.1, 0.15) is 45.5 Å². The number of hydrogen-bond acceptors (Lipinski definition) is 3. The van der Waals surface area contributed by atoms with Crippen LogP contribution in [0.25, 0.3) is 22.3 Å². The van der Waals surface area contributed by atoms with Crippen molar-refractivity contribution in [2.24, 2.45) is 0 Å². The van der Waals surface area contributed by atoms with Gasteiger partial charge in [-0.15, -0.1) is 0 Å². The Labute approximate surface area is 156 Å². The fourth-order valence-corrected chi connectivity index (χ4v) is 3.74. The van der Waals surface area contributed by atoms with E-state index in [1.165, 1.54) is 0 Å². The van der Waals surface area contributed by atoms with Gasteiger partial charge in [-0.2, -0.15) is 5.10 Å². The number of nitrogens with zero attached hydrogens (tertiary/aromatic N) is 3. The summed E-state index contributed by atoms with van der Waals surface area (Å²) in [6.07, 6.45) is 2.58. The molecular formula is C18H20Cl2N4O. The van der Waals surface area contributed by atoms with Gasteiger partial charge in [-0.05, 0) is 31.0 Å². The SMILES string of the molecule is CCc1nc2c(-c3ccc(Cl)cc3Cl)n[nH]c(=O)c2n1C(CC)CC. The van der Waals surface area contributed by atoms with Crippen molar-refractivity contribution in [1.29, 1.82) is 0 Å². The van der Waals surface area contributed by atoms with Crippen LogP contribution in [-0.4, -0.2) is 19.7 Å². The minimum absolute atomic E-state index is 0.219. The number of aromatic amines is 1. The monoisotopic (exact) mass is 378 g/mol. The van der Waals surface area contributed by atoms with Gasteiger partial charge in [-0.3, -0.25) is 4.79 Å². The highest BCUT2D eigenvalue weighted by Gasteiger charge is 2.22. The predicted octanol–water partition coefficient (Wildman–Crippen LogP) is 5.02. The second kappa shape index (κ2) is 7.18.